The fourth-order valence-electron chi connectivity index (χ4n) is 3.90. The van der Waals surface area contributed by atoms with Crippen molar-refractivity contribution in [2.75, 3.05) is 25.0 Å². The van der Waals surface area contributed by atoms with Gasteiger partial charge in [0.15, 0.2) is 0 Å². The summed E-state index contributed by atoms with van der Waals surface area (Å²) in [6.45, 7) is 6.81. The van der Waals surface area contributed by atoms with Gasteiger partial charge in [-0.15, -0.1) is 0 Å². The van der Waals surface area contributed by atoms with Crippen LogP contribution in [0.15, 0.2) is 30.3 Å². The molecular formula is C19H32N2. The second-order valence-corrected chi connectivity index (χ2v) is 6.61. The third-order valence-electron chi connectivity index (χ3n) is 4.96. The lowest BCUT2D eigenvalue weighted by Crippen LogP contribution is -2.45. The van der Waals surface area contributed by atoms with Crippen LogP contribution in [0.3, 0.4) is 0 Å². The van der Waals surface area contributed by atoms with Crippen LogP contribution in [0.4, 0.5) is 5.69 Å². The average Bonchev–Trinajstić information content (AvgIpc) is 2.51. The van der Waals surface area contributed by atoms with Gasteiger partial charge in [0.25, 0.3) is 0 Å². The van der Waals surface area contributed by atoms with Crippen molar-refractivity contribution in [3.63, 3.8) is 0 Å². The lowest BCUT2D eigenvalue weighted by atomic mass is 9.76. The van der Waals surface area contributed by atoms with Crippen molar-refractivity contribution in [2.45, 2.75) is 52.0 Å². The maximum absolute atomic E-state index is 3.73. The Labute approximate surface area is 130 Å². The van der Waals surface area contributed by atoms with Crippen molar-refractivity contribution in [3.05, 3.63) is 30.3 Å². The number of benzene rings is 1. The van der Waals surface area contributed by atoms with Crippen molar-refractivity contribution in [1.82, 2.24) is 5.32 Å². The topological polar surface area (TPSA) is 15.3 Å². The molecule has 0 radical (unpaired) electrons. The highest BCUT2D eigenvalue weighted by Crippen LogP contribution is 2.33. The number of hydrogen-bond donors (Lipinski definition) is 1. The van der Waals surface area contributed by atoms with Crippen LogP contribution in [0.1, 0.15) is 46.0 Å². The van der Waals surface area contributed by atoms with Gasteiger partial charge in [0.05, 0.1) is 0 Å². The van der Waals surface area contributed by atoms with E-state index in [0.717, 1.165) is 18.4 Å². The molecule has 1 aliphatic rings. The molecule has 1 aliphatic carbocycles. The van der Waals surface area contributed by atoms with Gasteiger partial charge in [-0.1, -0.05) is 44.9 Å². The Morgan fingerprint density at radius 1 is 1.14 bits per heavy atom. The summed E-state index contributed by atoms with van der Waals surface area (Å²) in [5.74, 6) is 1.72. The minimum Gasteiger partial charge on any atom is -0.374 e. The van der Waals surface area contributed by atoms with E-state index in [1.54, 1.807) is 0 Å². The summed E-state index contributed by atoms with van der Waals surface area (Å²) < 4.78 is 0. The molecule has 1 aromatic rings. The predicted octanol–water partition coefficient (Wildman–Crippen LogP) is 4.32. The van der Waals surface area contributed by atoms with E-state index in [4.69, 9.17) is 0 Å². The molecule has 1 saturated carbocycles. The number of hydrogen-bond acceptors (Lipinski definition) is 2. The molecule has 2 rings (SSSR count). The standard InChI is InChI=1S/C19H32N2/c1-4-9-16-12-13-19(20-5-2)17(14-16)15-21(3)18-10-7-6-8-11-18/h6-8,10-11,16-17,19-20H,4-5,9,12-15H2,1-3H3. The van der Waals surface area contributed by atoms with Gasteiger partial charge >= 0.3 is 0 Å². The monoisotopic (exact) mass is 288 g/mol. The molecule has 0 spiro atoms. The largest absolute Gasteiger partial charge is 0.374 e. The van der Waals surface area contributed by atoms with Crippen molar-refractivity contribution >= 4 is 5.69 Å². The van der Waals surface area contributed by atoms with Crippen LogP contribution in [-0.2, 0) is 0 Å². The summed E-state index contributed by atoms with van der Waals surface area (Å²) in [6, 6.07) is 11.5. The van der Waals surface area contributed by atoms with Crippen molar-refractivity contribution in [3.8, 4) is 0 Å². The van der Waals surface area contributed by atoms with E-state index in [1.165, 1.54) is 44.3 Å². The Bertz CT molecular complexity index is 390. The first-order chi connectivity index (χ1) is 10.2. The molecule has 0 bridgehead atoms. The van der Waals surface area contributed by atoms with Gasteiger partial charge in [-0.3, -0.25) is 0 Å². The fraction of sp³-hybridized carbons (Fsp3) is 0.684. The third-order valence-corrected chi connectivity index (χ3v) is 4.96. The highest BCUT2D eigenvalue weighted by Gasteiger charge is 2.30. The van der Waals surface area contributed by atoms with Gasteiger partial charge in [0, 0.05) is 25.3 Å². The van der Waals surface area contributed by atoms with Crippen LogP contribution in [-0.4, -0.2) is 26.2 Å². The number of para-hydroxylation sites is 1. The maximum atomic E-state index is 3.73. The highest BCUT2D eigenvalue weighted by atomic mass is 15.1. The van der Waals surface area contributed by atoms with Gasteiger partial charge in [-0.05, 0) is 49.8 Å². The number of anilines is 1. The smallest absolute Gasteiger partial charge is 0.0363 e. The zero-order chi connectivity index (χ0) is 15.1. The lowest BCUT2D eigenvalue weighted by Gasteiger charge is -2.39. The predicted molar refractivity (Wildman–Crippen MR) is 92.9 cm³/mol. The zero-order valence-electron chi connectivity index (χ0n) is 14.0. The minimum atomic E-state index is 0.703. The Hall–Kier alpha value is -1.02. The Morgan fingerprint density at radius 3 is 2.57 bits per heavy atom. The Balaban J connectivity index is 1.98. The third kappa shape index (κ3) is 4.74. The number of nitrogens with zero attached hydrogens (tertiary/aromatic N) is 1. The molecule has 0 aromatic heterocycles. The molecule has 2 nitrogen and oxygen atoms in total. The first-order valence-electron chi connectivity index (χ1n) is 8.74. The molecule has 3 unspecified atom stereocenters. The summed E-state index contributed by atoms with van der Waals surface area (Å²) in [4.78, 5) is 2.43. The van der Waals surface area contributed by atoms with Crippen LogP contribution in [0.25, 0.3) is 0 Å². The highest BCUT2D eigenvalue weighted by molar-refractivity contribution is 5.45. The maximum Gasteiger partial charge on any atom is 0.0363 e. The molecule has 118 valence electrons. The van der Waals surface area contributed by atoms with Crippen molar-refractivity contribution in [1.29, 1.82) is 0 Å². The summed E-state index contributed by atoms with van der Waals surface area (Å²) in [5.41, 5.74) is 1.34. The quantitative estimate of drug-likeness (QED) is 0.804. The van der Waals surface area contributed by atoms with E-state index in [1.807, 2.05) is 0 Å². The van der Waals surface area contributed by atoms with E-state index in [2.05, 4.69) is 61.4 Å². The van der Waals surface area contributed by atoms with E-state index in [0.29, 0.717) is 6.04 Å². The minimum absolute atomic E-state index is 0.703. The molecular weight excluding hydrogens is 256 g/mol. The normalized spacial score (nSPS) is 25.8. The van der Waals surface area contributed by atoms with Crippen LogP contribution in [0.5, 0.6) is 0 Å². The molecule has 3 atom stereocenters. The van der Waals surface area contributed by atoms with Crippen LogP contribution in [0, 0.1) is 11.8 Å². The second-order valence-electron chi connectivity index (χ2n) is 6.61. The van der Waals surface area contributed by atoms with Crippen LogP contribution in [0.2, 0.25) is 0 Å². The summed E-state index contributed by atoms with van der Waals surface area (Å²) in [6.07, 6.45) is 6.90. The van der Waals surface area contributed by atoms with Gasteiger partial charge in [-0.2, -0.15) is 0 Å². The van der Waals surface area contributed by atoms with Crippen LogP contribution >= 0.6 is 0 Å². The second kappa shape index (κ2) is 8.43. The Morgan fingerprint density at radius 2 is 1.90 bits per heavy atom. The molecule has 1 fully saturated rings. The van der Waals surface area contributed by atoms with Gasteiger partial charge in [0.2, 0.25) is 0 Å². The molecule has 1 N–H and O–H groups in total. The Kier molecular flexibility index (Phi) is 6.56. The fourth-order valence-corrected chi connectivity index (χ4v) is 3.90. The summed E-state index contributed by atoms with van der Waals surface area (Å²) >= 11 is 0. The van der Waals surface area contributed by atoms with Gasteiger partial charge in [-0.25, -0.2) is 0 Å². The molecule has 0 aliphatic heterocycles. The van der Waals surface area contributed by atoms with Gasteiger partial charge < -0.3 is 10.2 Å². The van der Waals surface area contributed by atoms with E-state index < -0.39 is 0 Å². The number of nitrogens with one attached hydrogen (secondary N) is 1. The zero-order valence-corrected chi connectivity index (χ0v) is 14.0. The first-order valence-corrected chi connectivity index (χ1v) is 8.74. The first kappa shape index (κ1) is 16.4. The van der Waals surface area contributed by atoms with E-state index in [-0.39, 0.29) is 0 Å². The van der Waals surface area contributed by atoms with Crippen LogP contribution < -0.4 is 10.2 Å². The molecule has 0 saturated heterocycles. The summed E-state index contributed by atoms with van der Waals surface area (Å²) in [7, 11) is 2.24. The number of rotatable bonds is 7. The van der Waals surface area contributed by atoms with Crippen molar-refractivity contribution < 1.29 is 0 Å². The molecule has 2 heteroatoms. The molecule has 21 heavy (non-hydrogen) atoms. The van der Waals surface area contributed by atoms with E-state index in [9.17, 15) is 0 Å². The average molecular weight is 288 g/mol. The SMILES string of the molecule is CCCC1CCC(NCC)C(CN(C)c2ccccc2)C1. The molecule has 0 amide bonds. The van der Waals surface area contributed by atoms with E-state index >= 15 is 0 Å². The molecule has 1 aromatic carbocycles. The lowest BCUT2D eigenvalue weighted by molar-refractivity contribution is 0.200. The van der Waals surface area contributed by atoms with Gasteiger partial charge in [0.1, 0.15) is 0 Å². The molecule has 0 heterocycles. The summed E-state index contributed by atoms with van der Waals surface area (Å²) in [5, 5.41) is 3.73. The van der Waals surface area contributed by atoms with Crippen molar-refractivity contribution in [2.24, 2.45) is 11.8 Å².